The van der Waals surface area contributed by atoms with E-state index < -0.39 is 0 Å². The van der Waals surface area contributed by atoms with Crippen LogP contribution < -0.4 is 4.90 Å². The number of hydrogen-bond donors (Lipinski definition) is 0. The molecule has 1 aromatic heterocycles. The Bertz CT molecular complexity index is 2880. The van der Waals surface area contributed by atoms with Crippen molar-refractivity contribution in [3.8, 4) is 27.9 Å². The molecule has 0 amide bonds. The van der Waals surface area contributed by atoms with Crippen LogP contribution in [0.2, 0.25) is 0 Å². The summed E-state index contributed by atoms with van der Waals surface area (Å²) in [5.41, 5.74) is 11.7. The third-order valence-electron chi connectivity index (χ3n) is 10.3. The highest BCUT2D eigenvalue weighted by molar-refractivity contribution is 6.18. The van der Waals surface area contributed by atoms with E-state index in [2.05, 4.69) is 216 Å². The topological polar surface area (TPSA) is 8.17 Å². The lowest BCUT2D eigenvalue weighted by Crippen LogP contribution is -2.10. The standard InChI is InChI=1S/C50H34N2/c1-2-11-35(12-3-1)37-23-26-42(27-24-37)51(45-17-10-16-40(34-45)41-22-21-36-13-4-5-15-39(36)33-41)43-28-30-44(31-29-43)52-49-20-9-8-19-47(49)48-32-25-38-14-6-7-18-46(38)50(48)52/h1-34H. The fourth-order valence-electron chi connectivity index (χ4n) is 7.82. The second-order valence-electron chi connectivity index (χ2n) is 13.4. The minimum Gasteiger partial charge on any atom is -0.310 e. The van der Waals surface area contributed by atoms with Crippen LogP contribution in [0.5, 0.6) is 0 Å². The smallest absolute Gasteiger partial charge is 0.0619 e. The minimum atomic E-state index is 1.09. The first-order valence-corrected chi connectivity index (χ1v) is 17.8. The summed E-state index contributed by atoms with van der Waals surface area (Å²) in [6.07, 6.45) is 0. The van der Waals surface area contributed by atoms with Crippen LogP contribution in [0.15, 0.2) is 206 Å². The van der Waals surface area contributed by atoms with Gasteiger partial charge in [0.1, 0.15) is 0 Å². The molecule has 52 heavy (non-hydrogen) atoms. The normalized spacial score (nSPS) is 11.5. The van der Waals surface area contributed by atoms with Crippen molar-refractivity contribution in [1.82, 2.24) is 4.57 Å². The summed E-state index contributed by atoms with van der Waals surface area (Å²) in [6.45, 7) is 0. The molecule has 2 nitrogen and oxygen atoms in total. The molecular formula is C50H34N2. The third-order valence-corrected chi connectivity index (χ3v) is 10.3. The molecule has 0 saturated carbocycles. The molecule has 0 fully saturated rings. The molecule has 10 aromatic rings. The van der Waals surface area contributed by atoms with E-state index in [4.69, 9.17) is 0 Å². The van der Waals surface area contributed by atoms with Crippen LogP contribution in [0, 0.1) is 0 Å². The highest BCUT2D eigenvalue weighted by Crippen LogP contribution is 2.40. The number of nitrogens with zero attached hydrogens (tertiary/aromatic N) is 2. The molecule has 0 bridgehead atoms. The van der Waals surface area contributed by atoms with Crippen LogP contribution in [0.4, 0.5) is 17.1 Å². The first kappa shape index (κ1) is 30.0. The zero-order valence-electron chi connectivity index (χ0n) is 28.5. The average Bonchev–Trinajstić information content (AvgIpc) is 3.57. The Balaban J connectivity index is 1.12. The maximum atomic E-state index is 2.43. The molecule has 10 rings (SSSR count). The van der Waals surface area contributed by atoms with Crippen molar-refractivity contribution in [2.24, 2.45) is 0 Å². The van der Waals surface area contributed by atoms with Crippen molar-refractivity contribution in [2.45, 2.75) is 0 Å². The van der Waals surface area contributed by atoms with Gasteiger partial charge in [-0.3, -0.25) is 0 Å². The van der Waals surface area contributed by atoms with Gasteiger partial charge in [0, 0.05) is 38.9 Å². The molecule has 0 aliphatic heterocycles. The lowest BCUT2D eigenvalue weighted by molar-refractivity contribution is 1.18. The summed E-state index contributed by atoms with van der Waals surface area (Å²) in [7, 11) is 0. The fourth-order valence-corrected chi connectivity index (χ4v) is 7.82. The average molecular weight is 663 g/mol. The number of fused-ring (bicyclic) bond motifs is 6. The van der Waals surface area contributed by atoms with Crippen molar-refractivity contribution < 1.29 is 0 Å². The van der Waals surface area contributed by atoms with Crippen LogP contribution in [0.25, 0.3) is 71.3 Å². The highest BCUT2D eigenvalue weighted by atomic mass is 15.1. The number of aromatic nitrogens is 1. The van der Waals surface area contributed by atoms with Gasteiger partial charge >= 0.3 is 0 Å². The van der Waals surface area contributed by atoms with Gasteiger partial charge in [-0.2, -0.15) is 0 Å². The number of benzene rings is 9. The predicted octanol–water partition coefficient (Wildman–Crippen LogP) is 13.9. The van der Waals surface area contributed by atoms with Gasteiger partial charge in [-0.1, -0.05) is 146 Å². The minimum absolute atomic E-state index is 1.09. The number of anilines is 3. The largest absolute Gasteiger partial charge is 0.310 e. The van der Waals surface area contributed by atoms with Crippen LogP contribution >= 0.6 is 0 Å². The monoisotopic (exact) mass is 662 g/mol. The molecule has 0 N–H and O–H groups in total. The molecule has 0 atom stereocenters. The SMILES string of the molecule is c1ccc(-c2ccc(N(c3ccc(-n4c5ccccc5c5ccc6ccccc6c54)cc3)c3cccc(-c4ccc5ccccc5c4)c3)cc2)cc1. The van der Waals surface area contributed by atoms with E-state index in [0.717, 1.165) is 22.7 Å². The van der Waals surface area contributed by atoms with Crippen molar-refractivity contribution in [3.05, 3.63) is 206 Å². The summed E-state index contributed by atoms with van der Waals surface area (Å²) in [4.78, 5) is 2.37. The first-order valence-electron chi connectivity index (χ1n) is 17.8. The molecule has 0 unspecified atom stereocenters. The maximum absolute atomic E-state index is 2.43. The Morgan fingerprint density at radius 2 is 0.885 bits per heavy atom. The van der Waals surface area contributed by atoms with E-state index in [1.165, 1.54) is 65.6 Å². The molecule has 0 aliphatic rings. The predicted molar refractivity (Wildman–Crippen MR) is 221 cm³/mol. The lowest BCUT2D eigenvalue weighted by atomic mass is 10.0. The van der Waals surface area contributed by atoms with E-state index >= 15 is 0 Å². The zero-order valence-corrected chi connectivity index (χ0v) is 28.5. The second-order valence-corrected chi connectivity index (χ2v) is 13.4. The molecule has 0 radical (unpaired) electrons. The summed E-state index contributed by atoms with van der Waals surface area (Å²) in [5.74, 6) is 0. The Kier molecular flexibility index (Phi) is 7.18. The van der Waals surface area contributed by atoms with Gasteiger partial charge < -0.3 is 9.47 Å². The molecule has 244 valence electrons. The molecule has 2 heteroatoms. The highest BCUT2D eigenvalue weighted by Gasteiger charge is 2.17. The molecule has 0 saturated heterocycles. The van der Waals surface area contributed by atoms with Crippen LogP contribution in [0.1, 0.15) is 0 Å². The van der Waals surface area contributed by atoms with Crippen molar-refractivity contribution >= 4 is 60.4 Å². The summed E-state index contributed by atoms with van der Waals surface area (Å²) >= 11 is 0. The Morgan fingerprint density at radius 3 is 1.69 bits per heavy atom. The molecule has 1 heterocycles. The molecule has 0 spiro atoms. The fraction of sp³-hybridized carbons (Fsp3) is 0. The van der Waals surface area contributed by atoms with Crippen LogP contribution in [0.3, 0.4) is 0 Å². The first-order chi connectivity index (χ1) is 25.8. The number of rotatable bonds is 6. The Hall–Kier alpha value is -6.90. The van der Waals surface area contributed by atoms with Crippen molar-refractivity contribution in [3.63, 3.8) is 0 Å². The van der Waals surface area contributed by atoms with Crippen molar-refractivity contribution in [1.29, 1.82) is 0 Å². The van der Waals surface area contributed by atoms with Gasteiger partial charge in [-0.25, -0.2) is 0 Å². The van der Waals surface area contributed by atoms with Gasteiger partial charge in [-0.15, -0.1) is 0 Å². The van der Waals surface area contributed by atoms with E-state index in [0.29, 0.717) is 0 Å². The quantitative estimate of drug-likeness (QED) is 0.172. The van der Waals surface area contributed by atoms with E-state index in [9.17, 15) is 0 Å². The van der Waals surface area contributed by atoms with Crippen LogP contribution in [-0.4, -0.2) is 4.57 Å². The Labute approximate surface area is 303 Å². The van der Waals surface area contributed by atoms with E-state index in [-0.39, 0.29) is 0 Å². The van der Waals surface area contributed by atoms with E-state index in [1.54, 1.807) is 0 Å². The van der Waals surface area contributed by atoms with Gasteiger partial charge in [0.25, 0.3) is 0 Å². The molecule has 0 aliphatic carbocycles. The van der Waals surface area contributed by atoms with Crippen LogP contribution in [-0.2, 0) is 0 Å². The van der Waals surface area contributed by atoms with Gasteiger partial charge in [0.15, 0.2) is 0 Å². The third kappa shape index (κ3) is 5.12. The maximum Gasteiger partial charge on any atom is 0.0619 e. The van der Waals surface area contributed by atoms with Gasteiger partial charge in [0.2, 0.25) is 0 Å². The lowest BCUT2D eigenvalue weighted by Gasteiger charge is -2.26. The summed E-state index contributed by atoms with van der Waals surface area (Å²) in [6, 6.07) is 74.7. The molecule has 9 aromatic carbocycles. The summed E-state index contributed by atoms with van der Waals surface area (Å²) in [5, 5.41) is 7.52. The molecular weight excluding hydrogens is 629 g/mol. The summed E-state index contributed by atoms with van der Waals surface area (Å²) < 4.78 is 2.43. The van der Waals surface area contributed by atoms with Crippen molar-refractivity contribution in [2.75, 3.05) is 4.90 Å². The number of para-hydroxylation sites is 1. The van der Waals surface area contributed by atoms with Gasteiger partial charge in [-0.05, 0) is 99.1 Å². The second kappa shape index (κ2) is 12.5. The number of hydrogen-bond acceptors (Lipinski definition) is 1. The van der Waals surface area contributed by atoms with E-state index in [1.807, 2.05) is 0 Å². The zero-order chi connectivity index (χ0) is 34.4. The van der Waals surface area contributed by atoms with Gasteiger partial charge in [0.05, 0.1) is 11.0 Å². The Morgan fingerprint density at radius 1 is 0.308 bits per heavy atom.